The maximum Gasteiger partial charge on any atom is 0.238 e. The molecule has 84 valence electrons. The van der Waals surface area contributed by atoms with Gasteiger partial charge in [-0.2, -0.15) is 0 Å². The summed E-state index contributed by atoms with van der Waals surface area (Å²) in [6.07, 6.45) is 5.02. The normalized spacial score (nSPS) is 9.50. The van der Waals surface area contributed by atoms with Crippen molar-refractivity contribution in [1.29, 1.82) is 0 Å². The number of hydrogen-bond donors (Lipinski definition) is 3. The average Bonchev–Trinajstić information content (AvgIpc) is 2.25. The second-order valence-corrected chi connectivity index (χ2v) is 3.85. The van der Waals surface area contributed by atoms with Crippen LogP contribution < -0.4 is 10.6 Å². The lowest BCUT2D eigenvalue weighted by Crippen LogP contribution is -2.28. The molecule has 1 amide bonds. The molecule has 0 aliphatic heterocycles. The largest absolute Gasteiger partial charge is 0.505 e. The molecular weight excluding hydrogens is 272 g/mol. The van der Waals surface area contributed by atoms with E-state index >= 15 is 0 Å². The molecule has 0 bridgehead atoms. The number of nitrogens with one attached hydrogen (secondary N) is 2. The first-order chi connectivity index (χ1) is 7.65. The van der Waals surface area contributed by atoms with Crippen molar-refractivity contribution in [1.82, 2.24) is 5.32 Å². The van der Waals surface area contributed by atoms with Crippen molar-refractivity contribution < 1.29 is 9.90 Å². The Bertz CT molecular complexity index is 426. The topological polar surface area (TPSA) is 61.4 Å². The van der Waals surface area contributed by atoms with Crippen LogP contribution in [0, 0.1) is 12.3 Å². The van der Waals surface area contributed by atoms with E-state index in [1.807, 2.05) is 0 Å². The summed E-state index contributed by atoms with van der Waals surface area (Å²) in [6, 6.07) is 5.01. The maximum atomic E-state index is 11.4. The fraction of sp³-hybridized carbons (Fsp3) is 0.182. The highest BCUT2D eigenvalue weighted by atomic mass is 79.9. The van der Waals surface area contributed by atoms with Gasteiger partial charge in [-0.25, -0.2) is 0 Å². The van der Waals surface area contributed by atoms with Crippen molar-refractivity contribution in [2.45, 2.75) is 0 Å². The first kappa shape index (κ1) is 12.6. The molecule has 16 heavy (non-hydrogen) atoms. The summed E-state index contributed by atoms with van der Waals surface area (Å²) in [7, 11) is 0. The van der Waals surface area contributed by atoms with Gasteiger partial charge in [-0.1, -0.05) is 12.0 Å². The Balaban J connectivity index is 2.57. The highest BCUT2D eigenvalue weighted by molar-refractivity contribution is 9.10. The average molecular weight is 283 g/mol. The van der Waals surface area contributed by atoms with Crippen LogP contribution in [-0.2, 0) is 4.79 Å². The van der Waals surface area contributed by atoms with Crippen LogP contribution in [0.15, 0.2) is 22.7 Å². The summed E-state index contributed by atoms with van der Waals surface area (Å²) >= 11 is 3.16. The fourth-order valence-electron chi connectivity index (χ4n) is 1.06. The van der Waals surface area contributed by atoms with Crippen molar-refractivity contribution in [3.8, 4) is 18.1 Å². The molecule has 0 saturated heterocycles. The van der Waals surface area contributed by atoms with Crippen molar-refractivity contribution in [2.24, 2.45) is 0 Å². The number of amides is 1. The number of benzene rings is 1. The van der Waals surface area contributed by atoms with Gasteiger partial charge in [0, 0.05) is 0 Å². The van der Waals surface area contributed by atoms with E-state index in [0.717, 1.165) is 0 Å². The standard InChI is InChI=1S/C11H11BrN2O2/c1-2-6-13-7-10(15)14-9-5-3-4-8(12)11(9)16/h1,3-5,13,16H,6-7H2,(H,14,15). The zero-order chi connectivity index (χ0) is 12.0. The van der Waals surface area contributed by atoms with Gasteiger partial charge in [0.1, 0.15) is 0 Å². The van der Waals surface area contributed by atoms with Crippen LogP contribution in [0.2, 0.25) is 0 Å². The highest BCUT2D eigenvalue weighted by Crippen LogP contribution is 2.31. The SMILES string of the molecule is C#CCNCC(=O)Nc1cccc(Br)c1O. The van der Waals surface area contributed by atoms with E-state index in [-0.39, 0.29) is 18.2 Å². The summed E-state index contributed by atoms with van der Waals surface area (Å²) in [5.74, 6) is 2.11. The summed E-state index contributed by atoms with van der Waals surface area (Å²) in [5.41, 5.74) is 0.363. The van der Waals surface area contributed by atoms with Crippen LogP contribution >= 0.6 is 15.9 Å². The van der Waals surface area contributed by atoms with Crippen molar-refractivity contribution >= 4 is 27.5 Å². The van der Waals surface area contributed by atoms with Gasteiger partial charge in [0.15, 0.2) is 5.75 Å². The summed E-state index contributed by atoms with van der Waals surface area (Å²) in [4.78, 5) is 11.4. The lowest BCUT2D eigenvalue weighted by atomic mass is 10.3. The molecule has 0 fully saturated rings. The van der Waals surface area contributed by atoms with Crippen LogP contribution in [0.4, 0.5) is 5.69 Å². The number of phenolic OH excluding ortho intramolecular Hbond substituents is 1. The molecule has 3 N–H and O–H groups in total. The minimum absolute atomic E-state index is 0.00722. The predicted octanol–water partition coefficient (Wildman–Crippen LogP) is 1.32. The van der Waals surface area contributed by atoms with Gasteiger partial charge in [0.05, 0.1) is 23.2 Å². The van der Waals surface area contributed by atoms with Gasteiger partial charge in [-0.15, -0.1) is 6.42 Å². The molecule has 5 heteroatoms. The number of carbonyl (C=O) groups excluding carboxylic acids is 1. The molecule has 0 spiro atoms. The van der Waals surface area contributed by atoms with Gasteiger partial charge >= 0.3 is 0 Å². The number of hydrogen-bond acceptors (Lipinski definition) is 3. The van der Waals surface area contributed by atoms with Gasteiger partial charge in [0.25, 0.3) is 0 Å². The number of phenols is 1. The predicted molar refractivity (Wildman–Crippen MR) is 66.1 cm³/mol. The summed E-state index contributed by atoms with van der Waals surface area (Å²) in [6.45, 7) is 0.439. The minimum atomic E-state index is -0.261. The van der Waals surface area contributed by atoms with E-state index in [4.69, 9.17) is 6.42 Å². The zero-order valence-electron chi connectivity index (χ0n) is 8.46. The zero-order valence-corrected chi connectivity index (χ0v) is 10.0. The Morgan fingerprint density at radius 2 is 2.31 bits per heavy atom. The molecular formula is C11H11BrN2O2. The molecule has 0 radical (unpaired) electrons. The Morgan fingerprint density at radius 1 is 1.56 bits per heavy atom. The van der Waals surface area contributed by atoms with E-state index in [1.165, 1.54) is 0 Å². The third kappa shape index (κ3) is 3.57. The Morgan fingerprint density at radius 3 is 3.00 bits per heavy atom. The number of aromatic hydroxyl groups is 1. The molecule has 0 saturated carbocycles. The van der Waals surface area contributed by atoms with E-state index in [1.54, 1.807) is 18.2 Å². The second kappa shape index (κ2) is 6.16. The van der Waals surface area contributed by atoms with Crippen molar-refractivity contribution in [2.75, 3.05) is 18.4 Å². The fourth-order valence-corrected chi connectivity index (χ4v) is 1.43. The minimum Gasteiger partial charge on any atom is -0.505 e. The molecule has 0 aliphatic rings. The lowest BCUT2D eigenvalue weighted by molar-refractivity contribution is -0.115. The monoisotopic (exact) mass is 282 g/mol. The summed E-state index contributed by atoms with van der Waals surface area (Å²) in [5, 5.41) is 14.9. The van der Waals surface area contributed by atoms with Crippen LogP contribution in [0.3, 0.4) is 0 Å². The molecule has 1 rings (SSSR count). The van der Waals surface area contributed by atoms with Crippen LogP contribution in [0.5, 0.6) is 5.75 Å². The van der Waals surface area contributed by atoms with Crippen LogP contribution in [0.1, 0.15) is 0 Å². The van der Waals surface area contributed by atoms with Crippen molar-refractivity contribution in [3.63, 3.8) is 0 Å². The molecule has 4 nitrogen and oxygen atoms in total. The Hall–Kier alpha value is -1.51. The van der Waals surface area contributed by atoms with Crippen LogP contribution in [0.25, 0.3) is 0 Å². The number of para-hydroxylation sites is 1. The third-order valence-electron chi connectivity index (χ3n) is 1.77. The molecule has 0 heterocycles. The third-order valence-corrected chi connectivity index (χ3v) is 2.41. The molecule has 0 unspecified atom stereocenters. The first-order valence-electron chi connectivity index (χ1n) is 4.56. The van der Waals surface area contributed by atoms with Gasteiger partial charge < -0.3 is 10.4 Å². The Kier molecular flexibility index (Phi) is 4.83. The van der Waals surface area contributed by atoms with Gasteiger partial charge in [-0.3, -0.25) is 10.1 Å². The number of carbonyl (C=O) groups is 1. The number of halogens is 1. The van der Waals surface area contributed by atoms with E-state index in [2.05, 4.69) is 32.5 Å². The molecule has 1 aromatic carbocycles. The molecule has 0 aliphatic carbocycles. The first-order valence-corrected chi connectivity index (χ1v) is 5.36. The maximum absolute atomic E-state index is 11.4. The summed E-state index contributed by atoms with van der Waals surface area (Å²) < 4.78 is 0.530. The van der Waals surface area contributed by atoms with Gasteiger partial charge in [0.2, 0.25) is 5.91 Å². The van der Waals surface area contributed by atoms with E-state index < -0.39 is 0 Å². The second-order valence-electron chi connectivity index (χ2n) is 2.99. The smallest absolute Gasteiger partial charge is 0.238 e. The number of rotatable bonds is 4. The molecule has 0 aromatic heterocycles. The number of terminal acetylenes is 1. The molecule has 1 aromatic rings. The molecule has 0 atom stereocenters. The highest BCUT2D eigenvalue weighted by Gasteiger charge is 2.07. The Labute approximate surface area is 102 Å². The quantitative estimate of drug-likeness (QED) is 0.443. The number of anilines is 1. The van der Waals surface area contributed by atoms with Crippen LogP contribution in [-0.4, -0.2) is 24.1 Å². The van der Waals surface area contributed by atoms with Crippen molar-refractivity contribution in [3.05, 3.63) is 22.7 Å². The van der Waals surface area contributed by atoms with Gasteiger partial charge in [-0.05, 0) is 28.1 Å². The van der Waals surface area contributed by atoms with E-state index in [0.29, 0.717) is 16.7 Å². The van der Waals surface area contributed by atoms with E-state index in [9.17, 15) is 9.90 Å². The lowest BCUT2D eigenvalue weighted by Gasteiger charge is -2.08.